The third kappa shape index (κ3) is 21100. The van der Waals surface area contributed by atoms with Gasteiger partial charge in [-0.25, -0.2) is 0 Å². The zero-order valence-electron chi connectivity index (χ0n) is 16.3. The van der Waals surface area contributed by atoms with Crippen molar-refractivity contribution in [2.24, 2.45) is 0 Å². The van der Waals surface area contributed by atoms with Crippen LogP contribution in [0.2, 0.25) is 0 Å². The third-order valence-electron chi connectivity index (χ3n) is 0. The number of hydrogen-bond acceptors (Lipinski definition) is 3. The van der Waals surface area contributed by atoms with Gasteiger partial charge in [-0.1, -0.05) is 20.8 Å². The second kappa shape index (κ2) is 13.1. The van der Waals surface area contributed by atoms with Gasteiger partial charge in [-0.15, -0.1) is 5.54 Å². The normalized spacial score (nSPS) is 11.4. The van der Waals surface area contributed by atoms with Crippen molar-refractivity contribution in [2.75, 3.05) is 0 Å². The summed E-state index contributed by atoms with van der Waals surface area (Å²) < 4.78 is 0. The summed E-state index contributed by atoms with van der Waals surface area (Å²) in [6, 6.07) is 0. The molecule has 133 valence electrons. The van der Waals surface area contributed by atoms with Crippen LogP contribution in [0.4, 0.5) is 0 Å². The molecule has 0 spiro atoms. The maximum atomic E-state index is 8.52. The molecule has 0 aliphatic rings. The van der Waals surface area contributed by atoms with Gasteiger partial charge in [0, 0.05) is 22.4 Å². The minimum atomic E-state index is -0.500. The topological polar surface area (TPSA) is 84.5 Å². The van der Waals surface area contributed by atoms with Crippen LogP contribution in [0.1, 0.15) is 83.1 Å². The number of aliphatic hydroxyl groups is 3. The minimum absolute atomic E-state index is 0. The van der Waals surface area contributed by atoms with E-state index in [0.717, 1.165) is 0 Å². The van der Waals surface area contributed by atoms with Gasteiger partial charge in [-0.2, -0.15) is 0 Å². The molecule has 0 aromatic rings. The Kier molecular flexibility index (Phi) is 20.7. The van der Waals surface area contributed by atoms with Gasteiger partial charge in [-0.05, 0) is 62.3 Å². The largest absolute Gasteiger partial charge is 0.673 e. The molecule has 21 heavy (non-hydrogen) atoms. The smallest absolute Gasteiger partial charge is 0.0563 e. The van der Waals surface area contributed by atoms with Gasteiger partial charge in [0.1, 0.15) is 0 Å². The zero-order valence-corrected chi connectivity index (χ0v) is 19.5. The first-order chi connectivity index (χ1) is 8.00. The molecule has 0 bridgehead atoms. The fraction of sp³-hybridized carbons (Fsp3) is 1.00. The second-order valence-electron chi connectivity index (χ2n) is 8.76. The van der Waals surface area contributed by atoms with Gasteiger partial charge < -0.3 is 21.1 Å². The molecule has 4 nitrogen and oxygen atoms in total. The van der Waals surface area contributed by atoms with Crippen molar-refractivity contribution in [3.63, 3.8) is 0 Å². The molecular weight excluding hydrogens is 435 g/mol. The van der Waals surface area contributed by atoms with Gasteiger partial charge in [0.2, 0.25) is 0 Å². The van der Waals surface area contributed by atoms with Crippen LogP contribution in [-0.2, 0) is 22.4 Å². The predicted octanol–water partition coefficient (Wildman–Crippen LogP) is 4.17. The summed E-state index contributed by atoms with van der Waals surface area (Å²) >= 11 is 0. The summed E-state index contributed by atoms with van der Waals surface area (Å²) in [5.41, 5.74) is 5.19. The van der Waals surface area contributed by atoms with Gasteiger partial charge in [0.05, 0.1) is 16.8 Å². The molecule has 0 unspecified atom stereocenters. The van der Waals surface area contributed by atoms with E-state index < -0.39 is 16.8 Å². The van der Waals surface area contributed by atoms with Gasteiger partial charge in [0.25, 0.3) is 0 Å². The van der Waals surface area contributed by atoms with E-state index in [1.54, 1.807) is 62.3 Å². The van der Waals surface area contributed by atoms with Crippen LogP contribution in [0.25, 0.3) is 5.73 Å². The Morgan fingerprint density at radius 2 is 0.476 bits per heavy atom. The molecule has 0 atom stereocenters. The molecular formula is C16H40NO3Ta-. The Labute approximate surface area is 149 Å². The fourth-order valence-corrected chi connectivity index (χ4v) is 0. The van der Waals surface area contributed by atoms with Crippen LogP contribution >= 0.6 is 0 Å². The van der Waals surface area contributed by atoms with Crippen LogP contribution < -0.4 is 0 Å². The van der Waals surface area contributed by atoms with Crippen molar-refractivity contribution < 1.29 is 37.7 Å². The molecule has 0 aliphatic carbocycles. The molecule has 0 amide bonds. The molecule has 0 heterocycles. The van der Waals surface area contributed by atoms with Crippen molar-refractivity contribution in [1.82, 2.24) is 0 Å². The quantitative estimate of drug-likeness (QED) is 0.492. The molecule has 0 fully saturated rings. The molecule has 0 rings (SSSR count). The van der Waals surface area contributed by atoms with Crippen LogP contribution in [0.5, 0.6) is 0 Å². The van der Waals surface area contributed by atoms with Crippen molar-refractivity contribution in [3.05, 3.63) is 5.73 Å². The van der Waals surface area contributed by atoms with E-state index in [1.165, 1.54) is 0 Å². The zero-order chi connectivity index (χ0) is 18.0. The number of nitrogens with one attached hydrogen (secondary N) is 1. The molecule has 1 radical (unpaired) electrons. The Morgan fingerprint density at radius 3 is 0.476 bits per heavy atom. The van der Waals surface area contributed by atoms with Crippen LogP contribution in [-0.4, -0.2) is 37.7 Å². The van der Waals surface area contributed by atoms with Crippen molar-refractivity contribution in [2.45, 2.75) is 105 Å². The molecule has 4 N–H and O–H groups in total. The van der Waals surface area contributed by atoms with Crippen LogP contribution in [0.15, 0.2) is 0 Å². The average Bonchev–Trinajstić information content (AvgIpc) is 1.62. The monoisotopic (exact) mass is 475 g/mol. The Morgan fingerprint density at radius 1 is 0.476 bits per heavy atom. The Balaban J connectivity index is -0.0000000533. The third-order valence-corrected chi connectivity index (χ3v) is 0. The molecule has 0 aliphatic heterocycles. The van der Waals surface area contributed by atoms with Gasteiger partial charge >= 0.3 is 0 Å². The number of rotatable bonds is 0. The van der Waals surface area contributed by atoms with E-state index in [4.69, 9.17) is 21.1 Å². The van der Waals surface area contributed by atoms with E-state index in [-0.39, 0.29) is 27.9 Å². The van der Waals surface area contributed by atoms with E-state index in [9.17, 15) is 0 Å². The molecule has 5 heteroatoms. The SMILES string of the molecule is CC(C)(C)O.CC(C)(C)O.CC(C)(C)O.CC(C)(C)[NH-].[Ta]. The van der Waals surface area contributed by atoms with Crippen molar-refractivity contribution >= 4 is 0 Å². The summed E-state index contributed by atoms with van der Waals surface area (Å²) in [6.07, 6.45) is 0. The first-order valence-corrected chi connectivity index (χ1v) is 6.92. The minimum Gasteiger partial charge on any atom is -0.673 e. The summed E-state index contributed by atoms with van der Waals surface area (Å²) in [5, 5.41) is 25.6. The molecule has 0 aromatic heterocycles. The first kappa shape index (κ1) is 33.2. The van der Waals surface area contributed by atoms with Crippen molar-refractivity contribution in [1.29, 1.82) is 0 Å². The van der Waals surface area contributed by atoms with Crippen molar-refractivity contribution in [3.8, 4) is 0 Å². The maximum absolute atomic E-state index is 8.52. The standard InChI is InChI=1S/C4H10N.3C4H10O.Ta/c4*1-4(2,3)5;/h4*5H,1-3H3;/q-1;;;;. The summed E-state index contributed by atoms with van der Waals surface area (Å²) in [4.78, 5) is 0. The Bertz CT molecular complexity index is 134. The van der Waals surface area contributed by atoms with E-state index in [1.807, 2.05) is 20.8 Å². The molecule has 0 saturated heterocycles. The van der Waals surface area contributed by atoms with Crippen LogP contribution in [0, 0.1) is 0 Å². The molecule has 0 saturated carbocycles. The summed E-state index contributed by atoms with van der Waals surface area (Å²) in [5.74, 6) is 0. The van der Waals surface area contributed by atoms with E-state index in [2.05, 4.69) is 0 Å². The summed E-state index contributed by atoms with van der Waals surface area (Å²) in [7, 11) is 0. The van der Waals surface area contributed by atoms with E-state index >= 15 is 0 Å². The molecule has 0 aromatic carbocycles. The maximum Gasteiger partial charge on any atom is 0.0563 e. The summed E-state index contributed by atoms with van der Waals surface area (Å²) in [6.45, 7) is 21.3. The van der Waals surface area contributed by atoms with Crippen LogP contribution in [0.3, 0.4) is 0 Å². The number of hydrogen-bond donors (Lipinski definition) is 3. The fourth-order valence-electron chi connectivity index (χ4n) is 0. The predicted molar refractivity (Wildman–Crippen MR) is 90.0 cm³/mol. The first-order valence-electron chi connectivity index (χ1n) is 6.92. The Hall–Kier alpha value is 0.580. The second-order valence-corrected chi connectivity index (χ2v) is 8.76. The average molecular weight is 475 g/mol. The van der Waals surface area contributed by atoms with Gasteiger partial charge in [0.15, 0.2) is 0 Å². The van der Waals surface area contributed by atoms with Gasteiger partial charge in [-0.3, -0.25) is 0 Å². The van der Waals surface area contributed by atoms with E-state index in [0.29, 0.717) is 0 Å².